The van der Waals surface area contributed by atoms with Crippen molar-refractivity contribution in [1.82, 2.24) is 0 Å². The molecule has 0 aliphatic heterocycles. The molecule has 1 aliphatic rings. The first-order valence-corrected chi connectivity index (χ1v) is 7.43. The van der Waals surface area contributed by atoms with Crippen LogP contribution in [0.25, 0.3) is 0 Å². The number of carbonyl (C=O) groups is 1. The molecule has 0 aromatic heterocycles. The third-order valence-corrected chi connectivity index (χ3v) is 4.35. The van der Waals surface area contributed by atoms with Crippen LogP contribution in [0, 0.1) is 15.5 Å². The Morgan fingerprint density at radius 2 is 2.00 bits per heavy atom. The first kappa shape index (κ1) is 19.2. The number of halogens is 1. The van der Waals surface area contributed by atoms with Gasteiger partial charge in [0, 0.05) is 18.6 Å². The standard InChI is InChI=1S/C15H21N3O4.ClH/c16-10-15(6-2-1-3-7-15)9-14(20)17-12-8-11(18(21)22)4-5-13(12)19;/h4-5,8,19H,1-3,6-7,9-10,16H2,(H,17,20);1H. The summed E-state index contributed by atoms with van der Waals surface area (Å²) >= 11 is 0. The fourth-order valence-electron chi connectivity index (χ4n) is 3.03. The lowest BCUT2D eigenvalue weighted by molar-refractivity contribution is -0.384. The quantitative estimate of drug-likeness (QED) is 0.431. The van der Waals surface area contributed by atoms with Crippen LogP contribution in [0.4, 0.5) is 11.4 Å². The lowest BCUT2D eigenvalue weighted by Crippen LogP contribution is -2.36. The van der Waals surface area contributed by atoms with Crippen LogP contribution >= 0.6 is 12.4 Å². The van der Waals surface area contributed by atoms with Crippen molar-refractivity contribution in [2.75, 3.05) is 11.9 Å². The molecule has 0 saturated heterocycles. The second-order valence-corrected chi connectivity index (χ2v) is 5.95. The number of nitrogens with one attached hydrogen (secondary N) is 1. The van der Waals surface area contributed by atoms with Crippen molar-refractivity contribution in [2.24, 2.45) is 11.1 Å². The number of aromatic hydroxyl groups is 1. The Kier molecular flexibility index (Phi) is 6.78. The maximum absolute atomic E-state index is 12.2. The van der Waals surface area contributed by atoms with E-state index in [2.05, 4.69) is 5.32 Å². The molecule has 1 aromatic rings. The molecule has 0 heterocycles. The first-order chi connectivity index (χ1) is 10.5. The summed E-state index contributed by atoms with van der Waals surface area (Å²) in [5.74, 6) is -0.465. The summed E-state index contributed by atoms with van der Waals surface area (Å²) < 4.78 is 0. The molecule has 23 heavy (non-hydrogen) atoms. The number of anilines is 1. The molecule has 1 saturated carbocycles. The van der Waals surface area contributed by atoms with Crippen molar-refractivity contribution < 1.29 is 14.8 Å². The van der Waals surface area contributed by atoms with Crippen molar-refractivity contribution in [3.8, 4) is 5.75 Å². The number of nitro benzene ring substituents is 1. The number of phenols is 1. The smallest absolute Gasteiger partial charge is 0.271 e. The molecule has 1 aromatic carbocycles. The van der Waals surface area contributed by atoms with E-state index in [1.807, 2.05) is 0 Å². The maximum Gasteiger partial charge on any atom is 0.271 e. The summed E-state index contributed by atoms with van der Waals surface area (Å²) in [6.07, 6.45) is 5.38. The van der Waals surface area contributed by atoms with Gasteiger partial charge in [0.2, 0.25) is 5.91 Å². The second-order valence-electron chi connectivity index (χ2n) is 5.95. The van der Waals surface area contributed by atoms with Gasteiger partial charge in [-0.3, -0.25) is 14.9 Å². The van der Waals surface area contributed by atoms with Gasteiger partial charge in [-0.2, -0.15) is 0 Å². The number of hydrogen-bond acceptors (Lipinski definition) is 5. The Balaban J connectivity index is 0.00000264. The zero-order valence-electron chi connectivity index (χ0n) is 12.8. The van der Waals surface area contributed by atoms with Crippen LogP contribution in [-0.4, -0.2) is 22.5 Å². The normalized spacial score (nSPS) is 16.2. The highest BCUT2D eigenvalue weighted by molar-refractivity contribution is 5.93. The number of hydrogen-bond donors (Lipinski definition) is 3. The fraction of sp³-hybridized carbons (Fsp3) is 0.533. The predicted molar refractivity (Wildman–Crippen MR) is 89.8 cm³/mol. The maximum atomic E-state index is 12.2. The van der Waals surface area contributed by atoms with Gasteiger partial charge in [0.25, 0.3) is 5.69 Å². The third-order valence-electron chi connectivity index (χ3n) is 4.35. The van der Waals surface area contributed by atoms with Crippen molar-refractivity contribution >= 4 is 29.7 Å². The Bertz CT molecular complexity index is 574. The summed E-state index contributed by atoms with van der Waals surface area (Å²) in [7, 11) is 0. The molecule has 4 N–H and O–H groups in total. The largest absolute Gasteiger partial charge is 0.506 e. The molecule has 0 spiro atoms. The Labute approximate surface area is 140 Å². The molecule has 128 valence electrons. The van der Waals surface area contributed by atoms with Crippen molar-refractivity contribution in [2.45, 2.75) is 38.5 Å². The van der Waals surface area contributed by atoms with E-state index in [0.29, 0.717) is 6.54 Å². The molecular formula is C15H22ClN3O4. The Hall–Kier alpha value is -1.86. The minimum Gasteiger partial charge on any atom is -0.506 e. The average Bonchev–Trinajstić information content (AvgIpc) is 2.50. The van der Waals surface area contributed by atoms with Crippen LogP contribution in [0.2, 0.25) is 0 Å². The lowest BCUT2D eigenvalue weighted by Gasteiger charge is -2.35. The van der Waals surface area contributed by atoms with Crippen molar-refractivity contribution in [1.29, 1.82) is 0 Å². The highest BCUT2D eigenvalue weighted by Crippen LogP contribution is 2.39. The van der Waals surface area contributed by atoms with Crippen LogP contribution in [0.15, 0.2) is 18.2 Å². The highest BCUT2D eigenvalue weighted by atomic mass is 35.5. The summed E-state index contributed by atoms with van der Waals surface area (Å²) in [4.78, 5) is 22.4. The zero-order chi connectivity index (χ0) is 16.2. The molecule has 1 amide bonds. The Morgan fingerprint density at radius 3 is 2.57 bits per heavy atom. The number of phenolic OH excluding ortho intramolecular Hbond substituents is 1. The van der Waals surface area contributed by atoms with E-state index in [1.54, 1.807) is 0 Å². The summed E-state index contributed by atoms with van der Waals surface area (Å²) in [5, 5.41) is 23.1. The van der Waals surface area contributed by atoms with E-state index in [-0.39, 0.29) is 47.3 Å². The van der Waals surface area contributed by atoms with Crippen LogP contribution in [0.1, 0.15) is 38.5 Å². The number of carbonyl (C=O) groups excluding carboxylic acids is 1. The van der Waals surface area contributed by atoms with Crippen molar-refractivity contribution in [3.05, 3.63) is 28.3 Å². The lowest BCUT2D eigenvalue weighted by atomic mass is 9.71. The second kappa shape index (κ2) is 8.12. The number of non-ortho nitro benzene ring substituents is 1. The molecule has 0 bridgehead atoms. The number of nitrogens with two attached hydrogens (primary N) is 1. The van der Waals surface area contributed by atoms with E-state index < -0.39 is 4.92 Å². The number of nitro groups is 1. The third kappa shape index (κ3) is 4.80. The monoisotopic (exact) mass is 343 g/mol. The van der Waals surface area contributed by atoms with Crippen molar-refractivity contribution in [3.63, 3.8) is 0 Å². The van der Waals surface area contributed by atoms with Gasteiger partial charge in [-0.1, -0.05) is 19.3 Å². The van der Waals surface area contributed by atoms with Gasteiger partial charge in [-0.05, 0) is 30.9 Å². The molecule has 1 aliphatic carbocycles. The summed E-state index contributed by atoms with van der Waals surface area (Å²) in [6, 6.07) is 3.55. The first-order valence-electron chi connectivity index (χ1n) is 7.43. The van der Waals surface area contributed by atoms with Gasteiger partial charge < -0.3 is 16.2 Å². The van der Waals surface area contributed by atoms with E-state index >= 15 is 0 Å². The molecule has 1 fully saturated rings. The molecule has 2 rings (SSSR count). The number of rotatable bonds is 5. The van der Waals surface area contributed by atoms with E-state index in [1.165, 1.54) is 12.1 Å². The number of benzene rings is 1. The molecular weight excluding hydrogens is 322 g/mol. The molecule has 0 unspecified atom stereocenters. The SMILES string of the molecule is Cl.NCC1(CC(=O)Nc2cc([N+](=O)[O-])ccc2O)CCCCC1. The molecule has 0 atom stereocenters. The van der Waals surface area contributed by atoms with Gasteiger partial charge in [-0.25, -0.2) is 0 Å². The van der Waals surface area contributed by atoms with Gasteiger partial charge in [-0.15, -0.1) is 12.4 Å². The predicted octanol–water partition coefficient (Wildman–Crippen LogP) is 2.96. The van der Waals surface area contributed by atoms with Crippen LogP contribution in [-0.2, 0) is 4.79 Å². The number of nitrogens with zero attached hydrogens (tertiary/aromatic N) is 1. The van der Waals surface area contributed by atoms with Crippen LogP contribution in [0.3, 0.4) is 0 Å². The molecule has 0 radical (unpaired) electrons. The summed E-state index contributed by atoms with van der Waals surface area (Å²) in [6.45, 7) is 0.446. The van der Waals surface area contributed by atoms with Crippen LogP contribution in [0.5, 0.6) is 5.75 Å². The minimum atomic E-state index is -0.572. The van der Waals surface area contributed by atoms with E-state index in [0.717, 1.165) is 38.2 Å². The minimum absolute atomic E-state index is 0. The van der Waals surface area contributed by atoms with Gasteiger partial charge >= 0.3 is 0 Å². The average molecular weight is 344 g/mol. The zero-order valence-corrected chi connectivity index (χ0v) is 13.6. The highest BCUT2D eigenvalue weighted by Gasteiger charge is 2.33. The van der Waals surface area contributed by atoms with E-state index in [4.69, 9.17) is 5.73 Å². The summed E-state index contributed by atoms with van der Waals surface area (Å²) in [5.41, 5.74) is 5.54. The fourth-order valence-corrected chi connectivity index (χ4v) is 3.03. The number of amides is 1. The van der Waals surface area contributed by atoms with E-state index in [9.17, 15) is 20.0 Å². The Morgan fingerprint density at radius 1 is 1.35 bits per heavy atom. The van der Waals surface area contributed by atoms with Gasteiger partial charge in [0.05, 0.1) is 10.6 Å². The molecule has 8 heteroatoms. The van der Waals surface area contributed by atoms with Gasteiger partial charge in [0.1, 0.15) is 5.75 Å². The topological polar surface area (TPSA) is 118 Å². The van der Waals surface area contributed by atoms with Crippen LogP contribution < -0.4 is 11.1 Å². The van der Waals surface area contributed by atoms with Gasteiger partial charge in [0.15, 0.2) is 0 Å². The molecule has 7 nitrogen and oxygen atoms in total.